The highest BCUT2D eigenvalue weighted by Gasteiger charge is 2.12. The third-order valence-electron chi connectivity index (χ3n) is 4.53. The van der Waals surface area contributed by atoms with Crippen LogP contribution in [-0.2, 0) is 6.54 Å². The van der Waals surface area contributed by atoms with Crippen LogP contribution >= 0.6 is 0 Å². The average molecular weight is 427 g/mol. The van der Waals surface area contributed by atoms with Gasteiger partial charge in [0.15, 0.2) is 24.5 Å². The van der Waals surface area contributed by atoms with Crippen LogP contribution in [0.25, 0.3) is 22.6 Å². The third kappa shape index (κ3) is 4.08. The second kappa shape index (κ2) is 8.01. The van der Waals surface area contributed by atoms with Gasteiger partial charge in [0.05, 0.1) is 5.56 Å². The Kier molecular flexibility index (Phi) is 5.71. The van der Waals surface area contributed by atoms with Crippen LogP contribution in [0.2, 0.25) is 0 Å². The fourth-order valence-corrected chi connectivity index (χ4v) is 2.96. The monoisotopic (exact) mass is 426 g/mol. The van der Waals surface area contributed by atoms with Crippen molar-refractivity contribution in [3.05, 3.63) is 83.9 Å². The van der Waals surface area contributed by atoms with Crippen molar-refractivity contribution in [1.82, 2.24) is 4.98 Å². The minimum absolute atomic E-state index is 0. The summed E-state index contributed by atoms with van der Waals surface area (Å²) in [5.41, 5.74) is 4.46. The average Bonchev–Trinajstić information content (AvgIpc) is 3.07. The van der Waals surface area contributed by atoms with E-state index >= 15 is 0 Å². The van der Waals surface area contributed by atoms with Gasteiger partial charge in [-0.15, -0.1) is 0 Å². The molecule has 138 valence electrons. The van der Waals surface area contributed by atoms with Gasteiger partial charge in [-0.05, 0) is 35.7 Å². The van der Waals surface area contributed by atoms with E-state index in [1.165, 1.54) is 11.6 Å². The largest absolute Gasteiger partial charge is 1.00 e. The first-order valence-corrected chi connectivity index (χ1v) is 8.73. The van der Waals surface area contributed by atoms with Gasteiger partial charge in [-0.1, -0.05) is 32.0 Å². The molecule has 27 heavy (non-hydrogen) atoms. The predicted molar refractivity (Wildman–Crippen MR) is 99.2 cm³/mol. The third-order valence-corrected chi connectivity index (χ3v) is 4.53. The Bertz CT molecular complexity index is 1060. The molecule has 4 aromatic rings. The number of benzene rings is 2. The Hall–Kier alpha value is -2.53. The van der Waals surface area contributed by atoms with E-state index in [1.807, 2.05) is 41.2 Å². The molecular weight excluding hydrogens is 407 g/mol. The Morgan fingerprint density at radius 1 is 1.04 bits per heavy atom. The second-order valence-corrected chi connectivity index (χ2v) is 6.75. The van der Waals surface area contributed by atoms with E-state index in [4.69, 9.17) is 4.42 Å². The van der Waals surface area contributed by atoms with Crippen molar-refractivity contribution in [3.63, 3.8) is 0 Å². The summed E-state index contributed by atoms with van der Waals surface area (Å²) in [5.74, 6) is 0.858. The van der Waals surface area contributed by atoms with E-state index in [-0.39, 0.29) is 22.8 Å². The van der Waals surface area contributed by atoms with E-state index in [2.05, 4.69) is 31.0 Å². The molecule has 0 N–H and O–H groups in total. The summed E-state index contributed by atoms with van der Waals surface area (Å²) in [5, 5.41) is 0. The highest BCUT2D eigenvalue weighted by atomic mass is 79.9. The number of oxazole rings is 1. The molecule has 0 aliphatic rings. The number of hydrogen-bond acceptors (Lipinski definition) is 2. The minimum Gasteiger partial charge on any atom is -1.00 e. The van der Waals surface area contributed by atoms with E-state index in [9.17, 15) is 4.39 Å². The molecule has 2 heterocycles. The molecule has 0 spiro atoms. The van der Waals surface area contributed by atoms with Gasteiger partial charge < -0.3 is 21.4 Å². The summed E-state index contributed by atoms with van der Waals surface area (Å²) in [6.07, 6.45) is 3.83. The topological polar surface area (TPSA) is 29.9 Å². The zero-order chi connectivity index (χ0) is 18.1. The van der Waals surface area contributed by atoms with Crippen molar-refractivity contribution in [1.29, 1.82) is 0 Å². The Morgan fingerprint density at radius 2 is 1.78 bits per heavy atom. The lowest BCUT2D eigenvalue weighted by molar-refractivity contribution is -0.688. The molecule has 0 fully saturated rings. The van der Waals surface area contributed by atoms with Crippen LogP contribution in [0.15, 0.2) is 71.4 Å². The maximum Gasteiger partial charge on any atom is 0.227 e. The number of pyridine rings is 1. The Labute approximate surface area is 168 Å². The minimum atomic E-state index is -0.191. The van der Waals surface area contributed by atoms with Crippen LogP contribution in [0.3, 0.4) is 0 Å². The first kappa shape index (κ1) is 19.2. The van der Waals surface area contributed by atoms with E-state index in [0.717, 1.165) is 16.7 Å². The van der Waals surface area contributed by atoms with E-state index < -0.39 is 0 Å². The van der Waals surface area contributed by atoms with Crippen molar-refractivity contribution < 1.29 is 30.4 Å². The van der Waals surface area contributed by atoms with Crippen LogP contribution in [0.5, 0.6) is 0 Å². The summed E-state index contributed by atoms with van der Waals surface area (Å²) in [6.45, 7) is 4.81. The quantitative estimate of drug-likeness (QED) is 0.467. The van der Waals surface area contributed by atoms with Crippen molar-refractivity contribution >= 4 is 11.1 Å². The predicted octanol–water partition coefficient (Wildman–Crippen LogP) is 2.10. The summed E-state index contributed by atoms with van der Waals surface area (Å²) >= 11 is 0. The molecule has 0 aliphatic heterocycles. The van der Waals surface area contributed by atoms with Crippen LogP contribution in [0, 0.1) is 5.82 Å². The normalized spacial score (nSPS) is 11.0. The van der Waals surface area contributed by atoms with Crippen LogP contribution in [0.4, 0.5) is 4.39 Å². The molecule has 0 aliphatic carbocycles. The zero-order valence-corrected chi connectivity index (χ0v) is 16.8. The summed E-state index contributed by atoms with van der Waals surface area (Å²) in [4.78, 5) is 4.62. The fourth-order valence-electron chi connectivity index (χ4n) is 2.96. The number of fused-ring (bicyclic) bond motifs is 1. The van der Waals surface area contributed by atoms with Crippen molar-refractivity contribution in [3.8, 4) is 11.5 Å². The Morgan fingerprint density at radius 3 is 2.48 bits per heavy atom. The fraction of sp³-hybridized carbons (Fsp3) is 0.182. The van der Waals surface area contributed by atoms with Gasteiger partial charge in [-0.2, -0.15) is 0 Å². The zero-order valence-electron chi connectivity index (χ0n) is 15.2. The molecule has 4 rings (SSSR count). The lowest BCUT2D eigenvalue weighted by Gasteiger charge is -2.02. The van der Waals surface area contributed by atoms with E-state index in [0.29, 0.717) is 23.9 Å². The molecule has 0 bridgehead atoms. The lowest BCUT2D eigenvalue weighted by atomic mass is 10.0. The molecule has 2 aromatic carbocycles. The standard InChI is InChI=1S/C22H20FN2O.BrH/c1-15(2)17-7-8-21-20(13-17)24-22(26-21)16-9-11-25(12-10-16)14-18-5-3-4-6-19(18)23;/h3-13,15H,14H2,1-2H3;1H/q+1;/p-1. The maximum absolute atomic E-state index is 13.8. The van der Waals surface area contributed by atoms with Crippen LogP contribution in [0.1, 0.15) is 30.9 Å². The smallest absolute Gasteiger partial charge is 0.227 e. The molecule has 0 unspecified atom stereocenters. The maximum atomic E-state index is 13.8. The van der Waals surface area contributed by atoms with Crippen LogP contribution < -0.4 is 21.5 Å². The number of hydrogen-bond donors (Lipinski definition) is 0. The van der Waals surface area contributed by atoms with Gasteiger partial charge in [-0.25, -0.2) is 13.9 Å². The van der Waals surface area contributed by atoms with Gasteiger partial charge in [0.1, 0.15) is 11.3 Å². The molecule has 0 saturated heterocycles. The summed E-state index contributed by atoms with van der Waals surface area (Å²) in [6, 6.07) is 16.8. The molecule has 3 nitrogen and oxygen atoms in total. The first-order chi connectivity index (χ1) is 12.6. The van der Waals surface area contributed by atoms with Gasteiger partial charge in [0.25, 0.3) is 0 Å². The number of rotatable bonds is 4. The van der Waals surface area contributed by atoms with Gasteiger partial charge in [0.2, 0.25) is 5.89 Å². The SMILES string of the molecule is CC(C)c1ccc2oc(-c3cc[n+](Cc4ccccc4F)cc3)nc2c1.[Br-]. The molecule has 0 radical (unpaired) electrons. The van der Waals surface area contributed by atoms with Gasteiger partial charge in [0, 0.05) is 17.7 Å². The highest BCUT2D eigenvalue weighted by Crippen LogP contribution is 2.26. The molecule has 0 saturated carbocycles. The molecule has 0 amide bonds. The molecule has 5 heteroatoms. The first-order valence-electron chi connectivity index (χ1n) is 8.73. The van der Waals surface area contributed by atoms with Gasteiger partial charge in [-0.3, -0.25) is 0 Å². The van der Waals surface area contributed by atoms with Gasteiger partial charge >= 0.3 is 0 Å². The van der Waals surface area contributed by atoms with Crippen molar-refractivity contribution in [2.75, 3.05) is 0 Å². The molecule has 0 atom stereocenters. The van der Waals surface area contributed by atoms with Crippen molar-refractivity contribution in [2.45, 2.75) is 26.3 Å². The summed E-state index contributed by atoms with van der Waals surface area (Å²) in [7, 11) is 0. The number of aromatic nitrogens is 2. The Balaban J connectivity index is 0.00000210. The number of nitrogens with zero attached hydrogens (tertiary/aromatic N) is 2. The number of halogens is 2. The van der Waals surface area contributed by atoms with Crippen LogP contribution in [-0.4, -0.2) is 4.98 Å². The van der Waals surface area contributed by atoms with E-state index in [1.54, 1.807) is 12.1 Å². The highest BCUT2D eigenvalue weighted by molar-refractivity contribution is 5.76. The second-order valence-electron chi connectivity index (χ2n) is 6.75. The molecular formula is C22H20BrFN2O. The van der Waals surface area contributed by atoms with Crippen molar-refractivity contribution in [2.24, 2.45) is 0 Å². The lowest BCUT2D eigenvalue weighted by Crippen LogP contribution is -3.00. The summed E-state index contributed by atoms with van der Waals surface area (Å²) < 4.78 is 21.6. The molecule has 2 aromatic heterocycles.